The van der Waals surface area contributed by atoms with E-state index in [1.54, 1.807) is 11.3 Å². The Morgan fingerprint density at radius 1 is 1.24 bits per heavy atom. The van der Waals surface area contributed by atoms with Gasteiger partial charge in [0, 0.05) is 33.2 Å². The molecule has 0 saturated heterocycles. The molecular weight excluding hydrogens is 346 g/mol. The van der Waals surface area contributed by atoms with Gasteiger partial charge in [-0.25, -0.2) is 0 Å². The van der Waals surface area contributed by atoms with Gasteiger partial charge in [-0.3, -0.25) is 0 Å². The largest absolute Gasteiger partial charge is 0.375 e. The van der Waals surface area contributed by atoms with Gasteiger partial charge >= 0.3 is 0 Å². The Balaban J connectivity index is 1.66. The quantitative estimate of drug-likeness (QED) is 0.720. The van der Waals surface area contributed by atoms with Crippen LogP contribution < -0.4 is 5.32 Å². The molecule has 0 unspecified atom stereocenters. The van der Waals surface area contributed by atoms with Gasteiger partial charge in [0.05, 0.1) is 13.2 Å². The summed E-state index contributed by atoms with van der Waals surface area (Å²) in [6.45, 7) is 7.76. The van der Waals surface area contributed by atoms with Crippen LogP contribution in [0.3, 0.4) is 0 Å². The van der Waals surface area contributed by atoms with E-state index in [2.05, 4.69) is 70.8 Å². The Morgan fingerprint density at radius 3 is 2.67 bits per heavy atom. The maximum Gasteiger partial charge on any atom is 0.0810 e. The first-order valence-electron chi connectivity index (χ1n) is 7.10. The molecule has 2 nitrogen and oxygen atoms in total. The van der Waals surface area contributed by atoms with Crippen molar-refractivity contribution in [1.82, 2.24) is 5.32 Å². The summed E-state index contributed by atoms with van der Waals surface area (Å²) < 4.78 is 6.98. The lowest BCUT2D eigenvalue weighted by atomic mass is 9.95. The van der Waals surface area contributed by atoms with Crippen molar-refractivity contribution < 1.29 is 4.74 Å². The third-order valence-electron chi connectivity index (χ3n) is 3.13. The molecule has 0 aliphatic carbocycles. The Morgan fingerprint density at radius 2 is 2.00 bits per heavy atom. The van der Waals surface area contributed by atoms with Crippen LogP contribution in [0, 0.1) is 5.41 Å². The molecule has 2 rings (SSSR count). The van der Waals surface area contributed by atoms with Gasteiger partial charge in [-0.2, -0.15) is 0 Å². The number of ether oxygens (including phenoxy) is 1. The van der Waals surface area contributed by atoms with Crippen molar-refractivity contribution in [1.29, 1.82) is 0 Å². The fraction of sp³-hybridized carbons (Fsp3) is 0.412. The first-order chi connectivity index (χ1) is 10.1. The maximum absolute atomic E-state index is 5.85. The summed E-state index contributed by atoms with van der Waals surface area (Å²) in [5, 5.41) is 5.60. The third kappa shape index (κ3) is 6.30. The first-order valence-corrected chi connectivity index (χ1v) is 8.78. The Labute approximate surface area is 139 Å². The molecule has 0 radical (unpaired) electrons. The monoisotopic (exact) mass is 367 g/mol. The van der Waals surface area contributed by atoms with Crippen molar-refractivity contribution in [3.63, 3.8) is 0 Å². The SMILES string of the molecule is CC(C)(CNCc1ccccc1)COCc1cc(Br)cs1. The van der Waals surface area contributed by atoms with Crippen LogP contribution >= 0.6 is 27.3 Å². The predicted molar refractivity (Wildman–Crippen MR) is 93.6 cm³/mol. The molecule has 0 spiro atoms. The summed E-state index contributed by atoms with van der Waals surface area (Å²) in [6, 6.07) is 12.6. The van der Waals surface area contributed by atoms with Crippen LogP contribution in [0.25, 0.3) is 0 Å². The van der Waals surface area contributed by atoms with E-state index in [1.807, 2.05) is 6.07 Å². The maximum atomic E-state index is 5.85. The number of benzene rings is 1. The van der Waals surface area contributed by atoms with Crippen molar-refractivity contribution in [3.8, 4) is 0 Å². The minimum Gasteiger partial charge on any atom is -0.375 e. The standard InChI is InChI=1S/C17H22BrNOS/c1-17(2,12-19-9-14-6-4-3-5-7-14)13-20-10-16-8-15(18)11-21-16/h3-8,11,19H,9-10,12-13H2,1-2H3. The number of hydrogen-bond acceptors (Lipinski definition) is 3. The second-order valence-corrected chi connectivity index (χ2v) is 7.89. The summed E-state index contributed by atoms with van der Waals surface area (Å²) in [5.41, 5.74) is 1.45. The average Bonchev–Trinajstić information content (AvgIpc) is 2.85. The molecular formula is C17H22BrNOS. The fourth-order valence-corrected chi connectivity index (χ4v) is 3.44. The van der Waals surface area contributed by atoms with Crippen LogP contribution in [0.5, 0.6) is 0 Å². The van der Waals surface area contributed by atoms with E-state index in [1.165, 1.54) is 10.4 Å². The lowest BCUT2D eigenvalue weighted by Gasteiger charge is -2.24. The number of rotatable bonds is 8. The van der Waals surface area contributed by atoms with Crippen LogP contribution in [0.4, 0.5) is 0 Å². The number of halogens is 1. The van der Waals surface area contributed by atoms with Crippen molar-refractivity contribution >= 4 is 27.3 Å². The van der Waals surface area contributed by atoms with Crippen molar-refractivity contribution in [2.75, 3.05) is 13.2 Å². The Bertz CT molecular complexity index is 539. The number of nitrogens with one attached hydrogen (secondary N) is 1. The molecule has 21 heavy (non-hydrogen) atoms. The highest BCUT2D eigenvalue weighted by Crippen LogP contribution is 2.22. The highest BCUT2D eigenvalue weighted by molar-refractivity contribution is 9.10. The molecule has 1 aromatic heterocycles. The zero-order chi connectivity index (χ0) is 15.1. The van der Waals surface area contributed by atoms with Gasteiger partial charge in [0.1, 0.15) is 0 Å². The highest BCUT2D eigenvalue weighted by Gasteiger charge is 2.17. The molecule has 1 N–H and O–H groups in total. The summed E-state index contributed by atoms with van der Waals surface area (Å²) in [7, 11) is 0. The molecule has 0 amide bonds. The van der Waals surface area contributed by atoms with Gasteiger partial charge in [0.15, 0.2) is 0 Å². The van der Waals surface area contributed by atoms with E-state index in [4.69, 9.17) is 4.74 Å². The predicted octanol–water partition coefficient (Wildman–Crippen LogP) is 4.84. The van der Waals surface area contributed by atoms with Gasteiger partial charge in [-0.05, 0) is 27.6 Å². The van der Waals surface area contributed by atoms with E-state index in [0.29, 0.717) is 6.61 Å². The van der Waals surface area contributed by atoms with Crippen molar-refractivity contribution in [3.05, 3.63) is 56.7 Å². The molecule has 0 aliphatic heterocycles. The Hall–Kier alpha value is -0.680. The molecule has 2 aromatic rings. The first kappa shape index (κ1) is 16.7. The second kappa shape index (κ2) is 8.08. The summed E-state index contributed by atoms with van der Waals surface area (Å²) in [5.74, 6) is 0. The van der Waals surface area contributed by atoms with E-state index in [9.17, 15) is 0 Å². The van der Waals surface area contributed by atoms with Gasteiger partial charge < -0.3 is 10.1 Å². The molecule has 0 fully saturated rings. The lowest BCUT2D eigenvalue weighted by Crippen LogP contribution is -2.32. The van der Waals surface area contributed by atoms with E-state index in [-0.39, 0.29) is 5.41 Å². The third-order valence-corrected chi connectivity index (χ3v) is 4.81. The second-order valence-electron chi connectivity index (χ2n) is 5.98. The normalized spacial score (nSPS) is 11.8. The molecule has 1 aromatic carbocycles. The van der Waals surface area contributed by atoms with Crippen molar-refractivity contribution in [2.45, 2.75) is 27.0 Å². The summed E-state index contributed by atoms with van der Waals surface area (Å²) >= 11 is 5.19. The van der Waals surface area contributed by atoms with Gasteiger partial charge in [0.25, 0.3) is 0 Å². The zero-order valence-electron chi connectivity index (χ0n) is 12.6. The zero-order valence-corrected chi connectivity index (χ0v) is 15.0. The van der Waals surface area contributed by atoms with Gasteiger partial charge in [-0.15, -0.1) is 11.3 Å². The molecule has 1 heterocycles. The van der Waals surface area contributed by atoms with Crippen LogP contribution in [0.15, 0.2) is 46.3 Å². The van der Waals surface area contributed by atoms with E-state index < -0.39 is 0 Å². The number of thiophene rings is 1. The molecule has 114 valence electrons. The van der Waals surface area contributed by atoms with Crippen LogP contribution in [-0.2, 0) is 17.9 Å². The highest BCUT2D eigenvalue weighted by atomic mass is 79.9. The molecule has 4 heteroatoms. The average molecular weight is 368 g/mol. The lowest BCUT2D eigenvalue weighted by molar-refractivity contribution is 0.0525. The summed E-state index contributed by atoms with van der Waals surface area (Å²) in [4.78, 5) is 1.26. The van der Waals surface area contributed by atoms with Crippen LogP contribution in [-0.4, -0.2) is 13.2 Å². The smallest absolute Gasteiger partial charge is 0.0810 e. The number of hydrogen-bond donors (Lipinski definition) is 1. The molecule has 0 aliphatic rings. The fourth-order valence-electron chi connectivity index (χ4n) is 2.05. The van der Waals surface area contributed by atoms with Crippen molar-refractivity contribution in [2.24, 2.45) is 5.41 Å². The van der Waals surface area contributed by atoms with Gasteiger partial charge in [0.2, 0.25) is 0 Å². The minimum absolute atomic E-state index is 0.128. The topological polar surface area (TPSA) is 21.3 Å². The summed E-state index contributed by atoms with van der Waals surface area (Å²) in [6.07, 6.45) is 0. The Kier molecular flexibility index (Phi) is 6.42. The molecule has 0 bridgehead atoms. The van der Waals surface area contributed by atoms with Gasteiger partial charge in [-0.1, -0.05) is 44.2 Å². The molecule has 0 saturated carbocycles. The van der Waals surface area contributed by atoms with Crippen LogP contribution in [0.2, 0.25) is 0 Å². The van der Waals surface area contributed by atoms with E-state index in [0.717, 1.165) is 24.2 Å². The minimum atomic E-state index is 0.128. The van der Waals surface area contributed by atoms with E-state index >= 15 is 0 Å². The van der Waals surface area contributed by atoms with Crippen LogP contribution in [0.1, 0.15) is 24.3 Å². The molecule has 0 atom stereocenters.